The summed E-state index contributed by atoms with van der Waals surface area (Å²) in [5.74, 6) is 0.324. The number of likely N-dealkylation sites (tertiary alicyclic amines) is 1. The van der Waals surface area contributed by atoms with Crippen LogP contribution in [0.3, 0.4) is 0 Å². The van der Waals surface area contributed by atoms with Gasteiger partial charge < -0.3 is 9.80 Å². The van der Waals surface area contributed by atoms with Gasteiger partial charge in [0.05, 0.1) is 5.52 Å². The number of pyridine rings is 1. The number of nitrogens with zero attached hydrogens (tertiary/aromatic N) is 4. The zero-order valence-corrected chi connectivity index (χ0v) is 20.5. The van der Waals surface area contributed by atoms with Crippen molar-refractivity contribution in [3.8, 4) is 0 Å². The first-order valence-electron chi connectivity index (χ1n) is 12.8. The van der Waals surface area contributed by atoms with Crippen LogP contribution >= 0.6 is 0 Å². The normalized spacial score (nSPS) is 19.2. The Morgan fingerprint density at radius 1 is 0.914 bits per heavy atom. The Hall–Kier alpha value is -3.25. The van der Waals surface area contributed by atoms with E-state index in [4.69, 9.17) is 0 Å². The molecule has 0 saturated carbocycles. The van der Waals surface area contributed by atoms with Crippen molar-refractivity contribution in [2.24, 2.45) is 5.92 Å². The van der Waals surface area contributed by atoms with E-state index >= 15 is 0 Å². The molecule has 2 aliphatic rings. The molecule has 2 fully saturated rings. The van der Waals surface area contributed by atoms with Gasteiger partial charge in [-0.3, -0.25) is 19.5 Å². The molecule has 182 valence electrons. The summed E-state index contributed by atoms with van der Waals surface area (Å²) in [7, 11) is 0. The highest BCUT2D eigenvalue weighted by Gasteiger charge is 2.29. The third-order valence-corrected chi connectivity index (χ3v) is 7.36. The molecule has 0 bridgehead atoms. The van der Waals surface area contributed by atoms with Crippen LogP contribution in [0.25, 0.3) is 10.9 Å². The molecule has 0 radical (unpaired) electrons. The van der Waals surface area contributed by atoms with E-state index in [1.165, 1.54) is 18.4 Å². The van der Waals surface area contributed by atoms with Crippen LogP contribution in [0, 0.1) is 5.92 Å². The summed E-state index contributed by atoms with van der Waals surface area (Å²) in [6.45, 7) is 7.10. The smallest absolute Gasteiger partial charge is 0.254 e. The van der Waals surface area contributed by atoms with Crippen LogP contribution in [-0.4, -0.2) is 70.8 Å². The molecule has 2 saturated heterocycles. The molecule has 0 spiro atoms. The van der Waals surface area contributed by atoms with E-state index in [2.05, 4.69) is 40.2 Å². The van der Waals surface area contributed by atoms with Gasteiger partial charge in [-0.15, -0.1) is 0 Å². The summed E-state index contributed by atoms with van der Waals surface area (Å²) in [5, 5.41) is 1.12. The summed E-state index contributed by atoms with van der Waals surface area (Å²) in [5.41, 5.74) is 4.09. The van der Waals surface area contributed by atoms with Crippen LogP contribution in [0.2, 0.25) is 0 Å². The van der Waals surface area contributed by atoms with Gasteiger partial charge >= 0.3 is 0 Å². The molecule has 3 heterocycles. The van der Waals surface area contributed by atoms with Crippen LogP contribution in [0.4, 0.5) is 0 Å². The fourth-order valence-electron chi connectivity index (χ4n) is 5.51. The predicted octanol–water partition coefficient (Wildman–Crippen LogP) is 3.99. The average molecular weight is 471 g/mol. The molecule has 2 aromatic carbocycles. The number of aromatic nitrogens is 1. The van der Waals surface area contributed by atoms with Crippen molar-refractivity contribution < 1.29 is 9.59 Å². The zero-order chi connectivity index (χ0) is 24.2. The maximum Gasteiger partial charge on any atom is 0.254 e. The number of carbonyl (C=O) groups is 2. The molecule has 2 aliphatic heterocycles. The van der Waals surface area contributed by atoms with Crippen LogP contribution in [0.15, 0.2) is 60.8 Å². The van der Waals surface area contributed by atoms with Crippen molar-refractivity contribution >= 4 is 22.7 Å². The van der Waals surface area contributed by atoms with Crippen LogP contribution in [0.5, 0.6) is 0 Å². The van der Waals surface area contributed by atoms with E-state index in [0.29, 0.717) is 26.2 Å². The van der Waals surface area contributed by atoms with Gasteiger partial charge in [-0.2, -0.15) is 0 Å². The molecule has 3 aromatic rings. The first kappa shape index (κ1) is 23.5. The third-order valence-electron chi connectivity index (χ3n) is 7.36. The van der Waals surface area contributed by atoms with E-state index in [-0.39, 0.29) is 17.7 Å². The van der Waals surface area contributed by atoms with Gasteiger partial charge in [-0.05, 0) is 73.7 Å². The van der Waals surface area contributed by atoms with E-state index in [9.17, 15) is 9.59 Å². The monoisotopic (exact) mass is 470 g/mol. The van der Waals surface area contributed by atoms with E-state index in [0.717, 1.165) is 48.1 Å². The van der Waals surface area contributed by atoms with Gasteiger partial charge in [-0.25, -0.2) is 0 Å². The topological polar surface area (TPSA) is 56.8 Å². The Morgan fingerprint density at radius 3 is 2.51 bits per heavy atom. The Balaban J connectivity index is 1.37. The van der Waals surface area contributed by atoms with Crippen molar-refractivity contribution in [2.75, 3.05) is 39.3 Å². The van der Waals surface area contributed by atoms with Gasteiger partial charge in [0.25, 0.3) is 5.91 Å². The molecule has 0 N–H and O–H groups in total. The van der Waals surface area contributed by atoms with Gasteiger partial charge in [0, 0.05) is 56.8 Å². The number of rotatable bonds is 5. The van der Waals surface area contributed by atoms with E-state index in [1.54, 1.807) is 6.92 Å². The van der Waals surface area contributed by atoms with Crippen LogP contribution < -0.4 is 0 Å². The van der Waals surface area contributed by atoms with Gasteiger partial charge in [0.2, 0.25) is 5.91 Å². The van der Waals surface area contributed by atoms with Crippen molar-refractivity contribution in [1.82, 2.24) is 19.7 Å². The summed E-state index contributed by atoms with van der Waals surface area (Å²) in [6, 6.07) is 18.4. The van der Waals surface area contributed by atoms with Gasteiger partial charge in [0.15, 0.2) is 0 Å². The summed E-state index contributed by atoms with van der Waals surface area (Å²) < 4.78 is 0. The third kappa shape index (κ3) is 5.54. The van der Waals surface area contributed by atoms with Gasteiger partial charge in [-0.1, -0.05) is 30.3 Å². The number of hydrogen-bond acceptors (Lipinski definition) is 4. The minimum atomic E-state index is 0.0708. The first-order chi connectivity index (χ1) is 17.1. The molecule has 6 nitrogen and oxygen atoms in total. The lowest BCUT2D eigenvalue weighted by Gasteiger charge is -2.26. The fourth-order valence-corrected chi connectivity index (χ4v) is 5.51. The summed E-state index contributed by atoms with van der Waals surface area (Å²) in [4.78, 5) is 36.8. The number of benzene rings is 2. The standard InChI is InChI=1S/C29H34N4O2/c1-22(34)32-15-16-33(29(35)27-9-3-2-7-26(27)21-31-13-4-5-14-31)20-24(19-32)17-23-10-11-28-25(18-23)8-6-12-30-28/h2-3,6-12,18,24H,4-5,13-17,19-21H2,1H3/t24-/m0/s1. The molecule has 1 atom stereocenters. The largest absolute Gasteiger partial charge is 0.341 e. The Kier molecular flexibility index (Phi) is 7.09. The Bertz CT molecular complexity index is 1200. The molecule has 2 amide bonds. The molecule has 6 heteroatoms. The van der Waals surface area contributed by atoms with Crippen molar-refractivity contribution in [3.63, 3.8) is 0 Å². The molecule has 0 unspecified atom stereocenters. The maximum absolute atomic E-state index is 13.8. The summed E-state index contributed by atoms with van der Waals surface area (Å²) in [6.07, 6.45) is 5.09. The number of amides is 2. The molecule has 35 heavy (non-hydrogen) atoms. The lowest BCUT2D eigenvalue weighted by Crippen LogP contribution is -2.37. The molecule has 5 rings (SSSR count). The highest BCUT2D eigenvalue weighted by Crippen LogP contribution is 2.22. The molecule has 1 aromatic heterocycles. The predicted molar refractivity (Wildman–Crippen MR) is 138 cm³/mol. The maximum atomic E-state index is 13.8. The van der Waals surface area contributed by atoms with Crippen molar-refractivity contribution in [3.05, 3.63) is 77.5 Å². The molecule has 0 aliphatic carbocycles. The van der Waals surface area contributed by atoms with Gasteiger partial charge in [0.1, 0.15) is 0 Å². The molecular formula is C29H34N4O2. The second kappa shape index (κ2) is 10.6. The van der Waals surface area contributed by atoms with Crippen molar-refractivity contribution in [2.45, 2.75) is 32.7 Å². The summed E-state index contributed by atoms with van der Waals surface area (Å²) >= 11 is 0. The first-order valence-corrected chi connectivity index (χ1v) is 12.8. The average Bonchev–Trinajstić information content (AvgIpc) is 3.29. The van der Waals surface area contributed by atoms with Crippen LogP contribution in [0.1, 0.15) is 41.3 Å². The Morgan fingerprint density at radius 2 is 1.69 bits per heavy atom. The lowest BCUT2D eigenvalue weighted by atomic mass is 9.96. The zero-order valence-electron chi connectivity index (χ0n) is 20.5. The Labute approximate surface area is 207 Å². The second-order valence-corrected chi connectivity index (χ2v) is 9.96. The minimum Gasteiger partial charge on any atom is -0.341 e. The van der Waals surface area contributed by atoms with Crippen LogP contribution in [-0.2, 0) is 17.8 Å². The number of fused-ring (bicyclic) bond motifs is 1. The highest BCUT2D eigenvalue weighted by molar-refractivity contribution is 5.95. The lowest BCUT2D eigenvalue weighted by molar-refractivity contribution is -0.129. The fraction of sp³-hybridized carbons (Fsp3) is 0.414. The van der Waals surface area contributed by atoms with E-state index < -0.39 is 0 Å². The van der Waals surface area contributed by atoms with Crippen molar-refractivity contribution in [1.29, 1.82) is 0 Å². The van der Waals surface area contributed by atoms with E-state index in [1.807, 2.05) is 40.3 Å². The second-order valence-electron chi connectivity index (χ2n) is 9.96. The minimum absolute atomic E-state index is 0.0708. The molecular weight excluding hydrogens is 436 g/mol. The highest BCUT2D eigenvalue weighted by atomic mass is 16.2. The number of carbonyl (C=O) groups excluding carboxylic acids is 2. The quantitative estimate of drug-likeness (QED) is 0.566. The number of hydrogen-bond donors (Lipinski definition) is 0. The SMILES string of the molecule is CC(=O)N1CCN(C(=O)c2ccccc2CN2CCCC2)C[C@@H](Cc2ccc3ncccc3c2)C1.